The van der Waals surface area contributed by atoms with Crippen molar-refractivity contribution in [2.75, 3.05) is 6.54 Å². The first kappa shape index (κ1) is 13.3. The van der Waals surface area contributed by atoms with Gasteiger partial charge in [-0.2, -0.15) is 0 Å². The zero-order valence-electron chi connectivity index (χ0n) is 11.9. The molecule has 3 rings (SSSR count). The third-order valence-corrected chi connectivity index (χ3v) is 4.14. The molecule has 2 nitrogen and oxygen atoms in total. The maximum Gasteiger partial charge on any atom is 0.0477 e. The molecule has 0 unspecified atom stereocenters. The molecule has 0 radical (unpaired) electrons. The average molecular weight is 266 g/mol. The molecule has 0 amide bonds. The van der Waals surface area contributed by atoms with Gasteiger partial charge in [0.05, 0.1) is 0 Å². The molecule has 0 spiro atoms. The van der Waals surface area contributed by atoms with Crippen molar-refractivity contribution in [3.63, 3.8) is 0 Å². The fourth-order valence-electron chi connectivity index (χ4n) is 3.01. The largest absolute Gasteiger partial charge is 0.312 e. The van der Waals surface area contributed by atoms with E-state index in [-0.39, 0.29) is 0 Å². The van der Waals surface area contributed by atoms with Crippen LogP contribution in [0.15, 0.2) is 60.7 Å². The Morgan fingerprint density at radius 3 is 2.10 bits per heavy atom. The van der Waals surface area contributed by atoms with E-state index in [1.165, 1.54) is 11.1 Å². The van der Waals surface area contributed by atoms with Crippen LogP contribution >= 0.6 is 0 Å². The number of nitrogens with one attached hydrogen (secondary N) is 2. The first-order valence-electron chi connectivity index (χ1n) is 7.44. The summed E-state index contributed by atoms with van der Waals surface area (Å²) in [6.45, 7) is 3.31. The molecule has 0 aliphatic carbocycles. The highest BCUT2D eigenvalue weighted by Crippen LogP contribution is 2.26. The van der Waals surface area contributed by atoms with E-state index in [9.17, 15) is 0 Å². The smallest absolute Gasteiger partial charge is 0.0477 e. The van der Waals surface area contributed by atoms with Gasteiger partial charge in [0.1, 0.15) is 0 Å². The molecule has 2 N–H and O–H groups in total. The Kier molecular flexibility index (Phi) is 4.14. The quantitative estimate of drug-likeness (QED) is 0.870. The lowest BCUT2D eigenvalue weighted by Gasteiger charge is -2.27. The van der Waals surface area contributed by atoms with Crippen LogP contribution in [0, 0.1) is 0 Å². The summed E-state index contributed by atoms with van der Waals surface area (Å²) in [5, 5.41) is 7.47. The van der Waals surface area contributed by atoms with E-state index < -0.39 is 0 Å². The highest BCUT2D eigenvalue weighted by atomic mass is 15.1. The van der Waals surface area contributed by atoms with Gasteiger partial charge in [0.25, 0.3) is 0 Å². The van der Waals surface area contributed by atoms with Gasteiger partial charge in [-0.25, -0.2) is 0 Å². The monoisotopic (exact) mass is 266 g/mol. The molecule has 0 aromatic heterocycles. The second kappa shape index (κ2) is 6.21. The second-order valence-corrected chi connectivity index (χ2v) is 5.55. The predicted molar refractivity (Wildman–Crippen MR) is 83.6 cm³/mol. The molecule has 2 aromatic rings. The van der Waals surface area contributed by atoms with Crippen molar-refractivity contribution in [3.8, 4) is 0 Å². The van der Waals surface area contributed by atoms with E-state index >= 15 is 0 Å². The van der Waals surface area contributed by atoms with E-state index in [1.54, 1.807) is 0 Å². The predicted octanol–water partition coefficient (Wildman–Crippen LogP) is 3.44. The van der Waals surface area contributed by atoms with Crippen LogP contribution < -0.4 is 10.6 Å². The van der Waals surface area contributed by atoms with E-state index in [0.29, 0.717) is 18.1 Å². The van der Waals surface area contributed by atoms with Crippen LogP contribution in [0.25, 0.3) is 0 Å². The Labute approximate surface area is 121 Å². The van der Waals surface area contributed by atoms with Crippen LogP contribution in [-0.4, -0.2) is 12.6 Å². The lowest BCUT2D eigenvalue weighted by Crippen LogP contribution is -2.36. The molecule has 1 fully saturated rings. The van der Waals surface area contributed by atoms with Gasteiger partial charge in [0.2, 0.25) is 0 Å². The first-order valence-corrected chi connectivity index (χ1v) is 7.44. The minimum atomic E-state index is 0.351. The van der Waals surface area contributed by atoms with Crippen molar-refractivity contribution in [1.82, 2.24) is 10.6 Å². The molecule has 1 saturated heterocycles. The van der Waals surface area contributed by atoms with Gasteiger partial charge in [-0.3, -0.25) is 0 Å². The van der Waals surface area contributed by atoms with Crippen molar-refractivity contribution in [3.05, 3.63) is 71.8 Å². The molecular formula is C18H22N2. The molecule has 2 aromatic carbocycles. The van der Waals surface area contributed by atoms with Gasteiger partial charge in [0, 0.05) is 18.1 Å². The second-order valence-electron chi connectivity index (χ2n) is 5.55. The molecule has 1 heterocycles. The van der Waals surface area contributed by atoms with Gasteiger partial charge < -0.3 is 10.6 Å². The van der Waals surface area contributed by atoms with Crippen LogP contribution in [0.4, 0.5) is 0 Å². The van der Waals surface area contributed by atoms with E-state index in [0.717, 1.165) is 13.0 Å². The van der Waals surface area contributed by atoms with Crippen LogP contribution in [0.3, 0.4) is 0 Å². The summed E-state index contributed by atoms with van der Waals surface area (Å²) in [5.74, 6) is 0. The summed E-state index contributed by atoms with van der Waals surface area (Å²) in [6, 6.07) is 22.7. The van der Waals surface area contributed by atoms with Crippen LogP contribution in [0.1, 0.15) is 36.6 Å². The molecule has 0 bridgehead atoms. The first-order chi connectivity index (χ1) is 9.84. The van der Waals surface area contributed by atoms with Crippen LogP contribution in [-0.2, 0) is 0 Å². The van der Waals surface area contributed by atoms with Gasteiger partial charge >= 0.3 is 0 Å². The summed E-state index contributed by atoms with van der Waals surface area (Å²) in [7, 11) is 0. The van der Waals surface area contributed by atoms with E-state index in [4.69, 9.17) is 0 Å². The normalized spacial score (nSPS) is 26.9. The molecule has 20 heavy (non-hydrogen) atoms. The lowest BCUT2D eigenvalue weighted by atomic mass is 9.98. The molecular weight excluding hydrogens is 244 g/mol. The lowest BCUT2D eigenvalue weighted by molar-refractivity contribution is 0.410. The Hall–Kier alpha value is -1.64. The molecule has 3 atom stereocenters. The Morgan fingerprint density at radius 2 is 1.45 bits per heavy atom. The van der Waals surface area contributed by atoms with Crippen LogP contribution in [0.2, 0.25) is 0 Å². The SMILES string of the molecule is C[C@@H]1NCC[C@@H](c2ccccc2)N[C@H]1c1ccccc1. The molecule has 1 aliphatic heterocycles. The van der Waals surface area contributed by atoms with Crippen molar-refractivity contribution < 1.29 is 0 Å². The number of hydrogen-bond donors (Lipinski definition) is 2. The van der Waals surface area contributed by atoms with Crippen molar-refractivity contribution in [2.45, 2.75) is 31.5 Å². The fraction of sp³-hybridized carbons (Fsp3) is 0.333. The molecule has 0 saturated carbocycles. The van der Waals surface area contributed by atoms with Crippen molar-refractivity contribution in [1.29, 1.82) is 0 Å². The Balaban J connectivity index is 1.86. The number of hydrogen-bond acceptors (Lipinski definition) is 2. The maximum atomic E-state index is 3.84. The maximum absolute atomic E-state index is 3.84. The highest BCUT2D eigenvalue weighted by molar-refractivity contribution is 5.24. The van der Waals surface area contributed by atoms with E-state index in [1.807, 2.05) is 0 Å². The zero-order valence-corrected chi connectivity index (χ0v) is 11.9. The standard InChI is InChI=1S/C18H22N2/c1-14-18(16-10-6-3-7-11-16)20-17(12-13-19-14)15-8-4-2-5-9-15/h2-11,14,17-20H,12-13H2,1H3/t14-,17-,18+/m0/s1. The van der Waals surface area contributed by atoms with Gasteiger partial charge in [0.15, 0.2) is 0 Å². The molecule has 104 valence electrons. The van der Waals surface area contributed by atoms with Gasteiger partial charge in [-0.15, -0.1) is 0 Å². The average Bonchev–Trinajstić information content (AvgIpc) is 2.71. The Morgan fingerprint density at radius 1 is 0.850 bits per heavy atom. The van der Waals surface area contributed by atoms with Crippen molar-refractivity contribution in [2.24, 2.45) is 0 Å². The number of benzene rings is 2. The summed E-state index contributed by atoms with van der Waals surface area (Å²) in [6.07, 6.45) is 1.12. The third kappa shape index (κ3) is 2.92. The van der Waals surface area contributed by atoms with Crippen molar-refractivity contribution >= 4 is 0 Å². The molecule has 1 aliphatic rings. The summed E-state index contributed by atoms with van der Waals surface area (Å²) >= 11 is 0. The summed E-state index contributed by atoms with van der Waals surface area (Å²) in [5.41, 5.74) is 2.74. The summed E-state index contributed by atoms with van der Waals surface area (Å²) < 4.78 is 0. The zero-order chi connectivity index (χ0) is 13.8. The van der Waals surface area contributed by atoms with E-state index in [2.05, 4.69) is 78.2 Å². The Bertz CT molecular complexity index is 524. The molecule has 2 heteroatoms. The third-order valence-electron chi connectivity index (χ3n) is 4.14. The van der Waals surface area contributed by atoms with Gasteiger partial charge in [-0.1, -0.05) is 60.7 Å². The highest BCUT2D eigenvalue weighted by Gasteiger charge is 2.26. The topological polar surface area (TPSA) is 24.1 Å². The van der Waals surface area contributed by atoms with Gasteiger partial charge in [-0.05, 0) is 31.0 Å². The number of rotatable bonds is 2. The fourth-order valence-corrected chi connectivity index (χ4v) is 3.01. The van der Waals surface area contributed by atoms with Crippen LogP contribution in [0.5, 0.6) is 0 Å². The summed E-state index contributed by atoms with van der Waals surface area (Å²) in [4.78, 5) is 0. The minimum Gasteiger partial charge on any atom is -0.312 e. The minimum absolute atomic E-state index is 0.351.